The van der Waals surface area contributed by atoms with Crippen molar-refractivity contribution in [2.75, 3.05) is 13.7 Å². The molecule has 0 aliphatic carbocycles. The molecule has 6 N–H and O–H groups in total. The van der Waals surface area contributed by atoms with E-state index < -0.39 is 60.7 Å². The molecule has 3 aromatic rings. The van der Waals surface area contributed by atoms with Gasteiger partial charge in [-0.3, -0.25) is 4.79 Å². The van der Waals surface area contributed by atoms with Crippen LogP contribution >= 0.6 is 0 Å². The molecule has 2 unspecified atom stereocenters. The van der Waals surface area contributed by atoms with Crippen molar-refractivity contribution in [1.82, 2.24) is 0 Å². The van der Waals surface area contributed by atoms with Gasteiger partial charge in [0.25, 0.3) is 0 Å². The minimum Gasteiger partial charge on any atom is -0.508 e. The SMILES string of the molecule is COc1cc(C)c2c(=O)cc(C(O)C(C)O)oc2c1[C@@H]1O[C@H](CO)[C@H](O)[C@H](O)[C@@H]1OC(=O)/C=C/c1ccc(O)cc1. The van der Waals surface area contributed by atoms with Gasteiger partial charge in [0.2, 0.25) is 0 Å². The van der Waals surface area contributed by atoms with Crippen molar-refractivity contribution in [1.29, 1.82) is 0 Å². The fraction of sp³-hybridized carbons (Fsp3) is 0.379. The molecule has 0 radical (unpaired) electrons. The van der Waals surface area contributed by atoms with E-state index in [-0.39, 0.29) is 33.8 Å². The summed E-state index contributed by atoms with van der Waals surface area (Å²) in [5.74, 6) is -1.04. The summed E-state index contributed by atoms with van der Waals surface area (Å²) in [4.78, 5) is 26.0. The van der Waals surface area contributed by atoms with Crippen molar-refractivity contribution in [2.24, 2.45) is 0 Å². The third-order valence-electron chi connectivity index (χ3n) is 6.90. The molecule has 0 spiro atoms. The lowest BCUT2D eigenvalue weighted by Gasteiger charge is -2.42. The van der Waals surface area contributed by atoms with Crippen molar-refractivity contribution >= 4 is 23.0 Å². The van der Waals surface area contributed by atoms with Crippen molar-refractivity contribution in [3.63, 3.8) is 0 Å². The summed E-state index contributed by atoms with van der Waals surface area (Å²) < 4.78 is 22.9. The van der Waals surface area contributed by atoms with E-state index in [0.29, 0.717) is 11.1 Å². The van der Waals surface area contributed by atoms with Crippen molar-refractivity contribution < 1.29 is 54.1 Å². The minimum absolute atomic E-state index is 0.00885. The molecular formula is C29H32O12. The number of esters is 1. The van der Waals surface area contributed by atoms with Crippen LogP contribution in [0.4, 0.5) is 0 Å². The van der Waals surface area contributed by atoms with Crippen LogP contribution in [0.15, 0.2) is 51.7 Å². The molecular weight excluding hydrogens is 540 g/mol. The Morgan fingerprint density at radius 2 is 1.80 bits per heavy atom. The van der Waals surface area contributed by atoms with Crippen LogP contribution in [0.2, 0.25) is 0 Å². The summed E-state index contributed by atoms with van der Waals surface area (Å²) in [6, 6.07) is 8.53. The number of ether oxygens (including phenoxy) is 3. The maximum absolute atomic E-state index is 13.1. The third kappa shape index (κ3) is 6.12. The predicted octanol–water partition coefficient (Wildman–Crippen LogP) is 1.01. The number of benzene rings is 2. The Hall–Kier alpha value is -3.78. The first-order chi connectivity index (χ1) is 19.5. The number of hydrogen-bond donors (Lipinski definition) is 6. The summed E-state index contributed by atoms with van der Waals surface area (Å²) in [6.45, 7) is 2.22. The minimum atomic E-state index is -1.75. The number of phenols is 1. The van der Waals surface area contributed by atoms with Crippen LogP contribution in [-0.4, -0.2) is 80.8 Å². The second kappa shape index (κ2) is 12.4. The molecule has 7 atom stereocenters. The number of fused-ring (bicyclic) bond motifs is 1. The molecule has 41 heavy (non-hydrogen) atoms. The molecule has 220 valence electrons. The van der Waals surface area contributed by atoms with Gasteiger partial charge in [0.15, 0.2) is 11.5 Å². The maximum Gasteiger partial charge on any atom is 0.331 e. The van der Waals surface area contributed by atoms with E-state index in [4.69, 9.17) is 18.6 Å². The number of hydrogen-bond acceptors (Lipinski definition) is 12. The quantitative estimate of drug-likeness (QED) is 0.166. The monoisotopic (exact) mass is 572 g/mol. The Morgan fingerprint density at radius 3 is 2.41 bits per heavy atom. The van der Waals surface area contributed by atoms with Gasteiger partial charge in [-0.2, -0.15) is 0 Å². The molecule has 1 aliphatic rings. The summed E-state index contributed by atoms with van der Waals surface area (Å²) >= 11 is 0. The predicted molar refractivity (Wildman–Crippen MR) is 144 cm³/mol. The van der Waals surface area contributed by atoms with Crippen LogP contribution in [0.1, 0.15) is 41.6 Å². The van der Waals surface area contributed by atoms with Gasteiger partial charge in [-0.15, -0.1) is 0 Å². The van der Waals surface area contributed by atoms with Crippen LogP contribution in [0.3, 0.4) is 0 Å². The molecule has 0 bridgehead atoms. The Morgan fingerprint density at radius 1 is 1.12 bits per heavy atom. The van der Waals surface area contributed by atoms with E-state index in [1.165, 1.54) is 38.3 Å². The number of aliphatic hydroxyl groups is 5. The molecule has 4 rings (SSSR count). The summed E-state index contributed by atoms with van der Waals surface area (Å²) in [5, 5.41) is 61.3. The highest BCUT2D eigenvalue weighted by molar-refractivity contribution is 5.88. The highest BCUT2D eigenvalue weighted by Gasteiger charge is 2.49. The topological polar surface area (TPSA) is 196 Å². The van der Waals surface area contributed by atoms with Crippen LogP contribution < -0.4 is 10.2 Å². The Balaban J connectivity index is 1.85. The molecule has 1 fully saturated rings. The zero-order valence-electron chi connectivity index (χ0n) is 22.5. The van der Waals surface area contributed by atoms with Crippen LogP contribution in [-0.2, 0) is 14.3 Å². The van der Waals surface area contributed by atoms with Crippen LogP contribution in [0.25, 0.3) is 17.0 Å². The number of carbonyl (C=O) groups is 1. The Labute approximate surface area is 234 Å². The number of aryl methyl sites for hydroxylation is 1. The van der Waals surface area contributed by atoms with E-state index in [1.807, 2.05) is 0 Å². The first-order valence-electron chi connectivity index (χ1n) is 12.8. The first kappa shape index (κ1) is 30.2. The third-order valence-corrected chi connectivity index (χ3v) is 6.90. The molecule has 1 aromatic heterocycles. The van der Waals surface area contributed by atoms with Crippen molar-refractivity contribution in [3.05, 3.63) is 75.1 Å². The Bertz CT molecular complexity index is 1480. The lowest BCUT2D eigenvalue weighted by atomic mass is 9.88. The van der Waals surface area contributed by atoms with Gasteiger partial charge in [0.05, 0.1) is 30.8 Å². The fourth-order valence-corrected chi connectivity index (χ4v) is 4.73. The molecule has 1 aliphatic heterocycles. The standard InChI is InChI=1S/C29H32O12/c1-13-10-18(38-3)23(27-22(13)17(33)11-19(39-27)24(35)14(2)31)28-29(26(37)25(36)20(12-30)40-28)41-21(34)9-6-15-4-7-16(32)8-5-15/h4-11,14,20,24-26,28-32,35-37H,12H2,1-3H3/b9-6+/t14?,20-,24?,25+,26+,28+,29+/m1/s1. The van der Waals surface area contributed by atoms with E-state index >= 15 is 0 Å². The zero-order chi connectivity index (χ0) is 30.0. The van der Waals surface area contributed by atoms with E-state index in [1.54, 1.807) is 19.1 Å². The smallest absolute Gasteiger partial charge is 0.331 e. The fourth-order valence-electron chi connectivity index (χ4n) is 4.73. The number of methoxy groups -OCH3 is 1. The molecule has 0 amide bonds. The van der Waals surface area contributed by atoms with E-state index in [0.717, 1.165) is 12.1 Å². The number of rotatable bonds is 8. The summed E-state index contributed by atoms with van der Waals surface area (Å²) in [7, 11) is 1.33. The highest BCUT2D eigenvalue weighted by atomic mass is 16.6. The average Bonchev–Trinajstić information content (AvgIpc) is 2.94. The molecule has 12 heteroatoms. The summed E-state index contributed by atoms with van der Waals surface area (Å²) in [5.41, 5.74) is 0.328. The number of phenolic OH excluding ortho intramolecular Hbond substituents is 1. The van der Waals surface area contributed by atoms with Gasteiger partial charge < -0.3 is 49.3 Å². The summed E-state index contributed by atoms with van der Waals surface area (Å²) in [6.07, 6.45) is -8.12. The molecule has 0 saturated carbocycles. The maximum atomic E-state index is 13.1. The molecule has 2 aromatic carbocycles. The van der Waals surface area contributed by atoms with Gasteiger partial charge in [-0.05, 0) is 49.2 Å². The van der Waals surface area contributed by atoms with Crippen molar-refractivity contribution in [3.8, 4) is 11.5 Å². The van der Waals surface area contributed by atoms with Gasteiger partial charge in [-0.1, -0.05) is 12.1 Å². The molecule has 2 heterocycles. The lowest BCUT2D eigenvalue weighted by Crippen LogP contribution is -2.56. The second-order valence-corrected chi connectivity index (χ2v) is 9.80. The molecule has 12 nitrogen and oxygen atoms in total. The van der Waals surface area contributed by atoms with Crippen LogP contribution in [0, 0.1) is 6.92 Å². The first-order valence-corrected chi connectivity index (χ1v) is 12.8. The molecule has 1 saturated heterocycles. The highest BCUT2D eigenvalue weighted by Crippen LogP contribution is 2.43. The van der Waals surface area contributed by atoms with Gasteiger partial charge >= 0.3 is 5.97 Å². The largest absolute Gasteiger partial charge is 0.508 e. The number of aromatic hydroxyl groups is 1. The number of carbonyl (C=O) groups excluding carboxylic acids is 1. The lowest BCUT2D eigenvalue weighted by molar-refractivity contribution is -0.239. The average molecular weight is 573 g/mol. The van der Waals surface area contributed by atoms with Gasteiger partial charge in [-0.25, -0.2) is 4.79 Å². The van der Waals surface area contributed by atoms with Crippen LogP contribution in [0.5, 0.6) is 11.5 Å². The normalized spacial score (nSPS) is 24.3. The number of aliphatic hydroxyl groups excluding tert-OH is 5. The van der Waals surface area contributed by atoms with E-state index in [9.17, 15) is 40.2 Å². The van der Waals surface area contributed by atoms with E-state index in [2.05, 4.69) is 0 Å². The zero-order valence-corrected chi connectivity index (χ0v) is 22.5. The second-order valence-electron chi connectivity index (χ2n) is 9.80. The van der Waals surface area contributed by atoms with Crippen molar-refractivity contribution in [2.45, 2.75) is 56.6 Å². The van der Waals surface area contributed by atoms with Gasteiger partial charge in [0.1, 0.15) is 53.4 Å². The van der Waals surface area contributed by atoms with Gasteiger partial charge in [0, 0.05) is 12.1 Å². The Kier molecular flexibility index (Phi) is 9.12.